The lowest BCUT2D eigenvalue weighted by molar-refractivity contribution is -0.116. The van der Waals surface area contributed by atoms with Crippen LogP contribution in [0.25, 0.3) is 0 Å². The number of anilines is 2. The van der Waals surface area contributed by atoms with Crippen molar-refractivity contribution in [3.63, 3.8) is 0 Å². The van der Waals surface area contributed by atoms with Gasteiger partial charge in [-0.1, -0.05) is 12.1 Å². The second kappa shape index (κ2) is 9.64. The highest BCUT2D eigenvalue weighted by molar-refractivity contribution is 7.89. The van der Waals surface area contributed by atoms with E-state index in [9.17, 15) is 18.0 Å². The third kappa shape index (κ3) is 6.00. The van der Waals surface area contributed by atoms with Gasteiger partial charge in [0.2, 0.25) is 21.8 Å². The first-order chi connectivity index (χ1) is 13.8. The summed E-state index contributed by atoms with van der Waals surface area (Å²) in [6.07, 6.45) is 1.38. The van der Waals surface area contributed by atoms with Crippen LogP contribution >= 0.6 is 0 Å². The molecule has 8 nitrogen and oxygen atoms in total. The largest absolute Gasteiger partial charge is 0.326 e. The molecule has 0 radical (unpaired) electrons. The highest BCUT2D eigenvalue weighted by Gasteiger charge is 2.25. The van der Waals surface area contributed by atoms with Crippen LogP contribution in [0.5, 0.6) is 0 Å². The zero-order valence-electron chi connectivity index (χ0n) is 15.8. The summed E-state index contributed by atoms with van der Waals surface area (Å²) in [5.74, 6) is -0.827. The fourth-order valence-corrected chi connectivity index (χ4v) is 3.85. The minimum Gasteiger partial charge on any atom is -0.326 e. The van der Waals surface area contributed by atoms with Gasteiger partial charge in [-0.2, -0.15) is 9.57 Å². The van der Waals surface area contributed by atoms with E-state index in [1.807, 2.05) is 6.07 Å². The lowest BCUT2D eigenvalue weighted by atomic mass is 10.2. The van der Waals surface area contributed by atoms with E-state index in [1.165, 1.54) is 43.3 Å². The highest BCUT2D eigenvalue weighted by Crippen LogP contribution is 2.19. The van der Waals surface area contributed by atoms with Crippen molar-refractivity contribution >= 4 is 33.2 Å². The standard InChI is InChI=1S/C20H20N4O4S/c1-3-11-24(14-20(26)23-18-6-4-5-16(12-18)13-21)29(27,28)19-9-7-17(8-10-19)22-15(2)25/h3-10,12H,1,11,14H2,2H3,(H,22,25)(H,23,26). The maximum absolute atomic E-state index is 12.9. The van der Waals surface area contributed by atoms with E-state index < -0.39 is 22.5 Å². The van der Waals surface area contributed by atoms with E-state index in [2.05, 4.69) is 17.2 Å². The molecule has 2 aromatic carbocycles. The maximum Gasteiger partial charge on any atom is 0.243 e. The second-order valence-electron chi connectivity index (χ2n) is 6.03. The SMILES string of the molecule is C=CCN(CC(=O)Nc1cccc(C#N)c1)S(=O)(=O)c1ccc(NC(C)=O)cc1. The number of amides is 2. The van der Waals surface area contributed by atoms with Crippen molar-refractivity contribution in [1.29, 1.82) is 5.26 Å². The summed E-state index contributed by atoms with van der Waals surface area (Å²) in [5.41, 5.74) is 1.23. The van der Waals surface area contributed by atoms with Crippen molar-refractivity contribution in [2.75, 3.05) is 23.7 Å². The fraction of sp³-hybridized carbons (Fsp3) is 0.150. The predicted molar refractivity (Wildman–Crippen MR) is 109 cm³/mol. The Morgan fingerprint density at radius 1 is 1.14 bits per heavy atom. The predicted octanol–water partition coefficient (Wildman–Crippen LogP) is 2.33. The Balaban J connectivity index is 2.18. The van der Waals surface area contributed by atoms with Gasteiger partial charge in [-0.25, -0.2) is 8.42 Å². The van der Waals surface area contributed by atoms with E-state index >= 15 is 0 Å². The second-order valence-corrected chi connectivity index (χ2v) is 7.97. The molecule has 2 rings (SSSR count). The molecule has 2 aromatic rings. The summed E-state index contributed by atoms with van der Waals surface area (Å²) >= 11 is 0. The Hall–Kier alpha value is -3.48. The van der Waals surface area contributed by atoms with Gasteiger partial charge in [0.25, 0.3) is 0 Å². The number of hydrogen-bond acceptors (Lipinski definition) is 5. The summed E-state index contributed by atoms with van der Waals surface area (Å²) in [7, 11) is -3.97. The molecule has 2 N–H and O–H groups in total. The molecule has 0 aliphatic rings. The van der Waals surface area contributed by atoms with Gasteiger partial charge >= 0.3 is 0 Å². The summed E-state index contributed by atoms with van der Waals surface area (Å²) in [5, 5.41) is 14.1. The van der Waals surface area contributed by atoms with Gasteiger partial charge < -0.3 is 10.6 Å². The normalized spacial score (nSPS) is 10.8. The first-order valence-corrected chi connectivity index (χ1v) is 9.99. The topological polar surface area (TPSA) is 119 Å². The van der Waals surface area contributed by atoms with E-state index in [4.69, 9.17) is 5.26 Å². The molecule has 0 spiro atoms. The maximum atomic E-state index is 12.9. The molecule has 0 aromatic heterocycles. The number of nitriles is 1. The van der Waals surface area contributed by atoms with Crippen LogP contribution in [0.2, 0.25) is 0 Å². The van der Waals surface area contributed by atoms with Gasteiger partial charge in [-0.05, 0) is 42.5 Å². The average Bonchev–Trinajstić information content (AvgIpc) is 2.67. The summed E-state index contributed by atoms with van der Waals surface area (Å²) in [4.78, 5) is 23.4. The molecule has 9 heteroatoms. The summed E-state index contributed by atoms with van der Waals surface area (Å²) in [6, 6.07) is 13.9. The van der Waals surface area contributed by atoms with Crippen molar-refractivity contribution in [3.8, 4) is 6.07 Å². The smallest absolute Gasteiger partial charge is 0.243 e. The molecule has 0 saturated carbocycles. The van der Waals surface area contributed by atoms with E-state index in [0.717, 1.165) is 4.31 Å². The molecule has 0 aliphatic heterocycles. The van der Waals surface area contributed by atoms with E-state index in [1.54, 1.807) is 18.2 Å². The Morgan fingerprint density at radius 3 is 2.41 bits per heavy atom. The van der Waals surface area contributed by atoms with Gasteiger partial charge in [0.05, 0.1) is 23.1 Å². The highest BCUT2D eigenvalue weighted by atomic mass is 32.2. The first kappa shape index (κ1) is 21.8. The molecule has 0 unspecified atom stereocenters. The van der Waals surface area contributed by atoms with Gasteiger partial charge in [0, 0.05) is 24.8 Å². The van der Waals surface area contributed by atoms with Crippen LogP contribution in [0.15, 0.2) is 66.1 Å². The number of benzene rings is 2. The Morgan fingerprint density at radius 2 is 1.83 bits per heavy atom. The molecule has 0 aliphatic carbocycles. The molecule has 150 valence electrons. The van der Waals surface area contributed by atoms with E-state index in [0.29, 0.717) is 16.9 Å². The average molecular weight is 412 g/mol. The fourth-order valence-electron chi connectivity index (χ4n) is 2.48. The number of nitrogens with one attached hydrogen (secondary N) is 2. The third-order valence-corrected chi connectivity index (χ3v) is 5.57. The number of carbonyl (C=O) groups excluding carboxylic acids is 2. The molecule has 29 heavy (non-hydrogen) atoms. The lowest BCUT2D eigenvalue weighted by Crippen LogP contribution is -2.38. The number of nitrogens with zero attached hydrogens (tertiary/aromatic N) is 2. The zero-order valence-corrected chi connectivity index (χ0v) is 16.6. The monoisotopic (exact) mass is 412 g/mol. The van der Waals surface area contributed by atoms with Gasteiger partial charge in [0.1, 0.15) is 0 Å². The Bertz CT molecular complexity index is 1060. The van der Waals surface area contributed by atoms with Crippen LogP contribution in [-0.4, -0.2) is 37.6 Å². The van der Waals surface area contributed by atoms with Crippen LogP contribution < -0.4 is 10.6 Å². The Kier molecular flexibility index (Phi) is 7.25. The van der Waals surface area contributed by atoms with Crippen molar-refractivity contribution in [1.82, 2.24) is 4.31 Å². The lowest BCUT2D eigenvalue weighted by Gasteiger charge is -2.20. The van der Waals surface area contributed by atoms with Crippen LogP contribution in [0, 0.1) is 11.3 Å². The number of hydrogen-bond donors (Lipinski definition) is 2. The van der Waals surface area contributed by atoms with Crippen LogP contribution in [0.1, 0.15) is 12.5 Å². The summed E-state index contributed by atoms with van der Waals surface area (Å²) in [6.45, 7) is 4.40. The molecule has 0 bridgehead atoms. The number of rotatable bonds is 8. The summed E-state index contributed by atoms with van der Waals surface area (Å²) < 4.78 is 26.8. The number of sulfonamides is 1. The minimum atomic E-state index is -3.97. The van der Waals surface area contributed by atoms with Gasteiger partial charge in [-0.3, -0.25) is 9.59 Å². The minimum absolute atomic E-state index is 0.0206. The van der Waals surface area contributed by atoms with Gasteiger partial charge in [-0.15, -0.1) is 6.58 Å². The van der Waals surface area contributed by atoms with Crippen LogP contribution in [0.3, 0.4) is 0 Å². The molecular formula is C20H20N4O4S. The quantitative estimate of drug-likeness (QED) is 0.645. The molecule has 0 atom stereocenters. The van der Waals surface area contributed by atoms with Crippen molar-refractivity contribution < 1.29 is 18.0 Å². The molecule has 0 heterocycles. The van der Waals surface area contributed by atoms with Crippen molar-refractivity contribution in [3.05, 3.63) is 66.7 Å². The third-order valence-electron chi connectivity index (χ3n) is 3.74. The van der Waals surface area contributed by atoms with Crippen LogP contribution in [0.4, 0.5) is 11.4 Å². The number of carbonyl (C=O) groups is 2. The molecule has 2 amide bonds. The Labute approximate surface area is 169 Å². The van der Waals surface area contributed by atoms with Crippen molar-refractivity contribution in [2.24, 2.45) is 0 Å². The van der Waals surface area contributed by atoms with Crippen LogP contribution in [-0.2, 0) is 19.6 Å². The molecule has 0 fully saturated rings. The molecular weight excluding hydrogens is 392 g/mol. The molecule has 0 saturated heterocycles. The first-order valence-electron chi connectivity index (χ1n) is 8.55. The van der Waals surface area contributed by atoms with E-state index in [-0.39, 0.29) is 17.3 Å². The zero-order chi connectivity index (χ0) is 21.4. The van der Waals surface area contributed by atoms with Crippen molar-refractivity contribution in [2.45, 2.75) is 11.8 Å². The van der Waals surface area contributed by atoms with Gasteiger partial charge in [0.15, 0.2) is 0 Å².